The van der Waals surface area contributed by atoms with Gasteiger partial charge in [-0.2, -0.15) is 0 Å². The Kier molecular flexibility index (Phi) is 4.96. The number of rotatable bonds is 5. The quantitative estimate of drug-likeness (QED) is 0.921. The van der Waals surface area contributed by atoms with E-state index in [1.165, 1.54) is 12.1 Å². The second-order valence-electron chi connectivity index (χ2n) is 5.20. The Morgan fingerprint density at radius 1 is 1.19 bits per heavy atom. The van der Waals surface area contributed by atoms with Gasteiger partial charge in [0.2, 0.25) is 0 Å². The number of nitrogens with two attached hydrogens (primary N) is 1. The first kappa shape index (κ1) is 15.5. The smallest absolute Gasteiger partial charge is 0.133 e. The average molecular weight is 291 g/mol. The third-order valence-corrected chi connectivity index (χ3v) is 3.31. The van der Waals surface area contributed by atoms with Crippen molar-refractivity contribution in [2.75, 3.05) is 0 Å². The Balaban J connectivity index is 2.23. The molecule has 112 valence electrons. The number of nitrogens with zero attached hydrogens (tertiary/aromatic N) is 2. The van der Waals surface area contributed by atoms with Gasteiger partial charge in [-0.25, -0.2) is 18.7 Å². The molecule has 0 aliphatic carbocycles. The Bertz CT molecular complexity index is 629. The van der Waals surface area contributed by atoms with Crippen molar-refractivity contribution in [2.24, 2.45) is 5.73 Å². The van der Waals surface area contributed by atoms with E-state index in [1.807, 2.05) is 19.9 Å². The highest BCUT2D eigenvalue weighted by atomic mass is 19.1. The van der Waals surface area contributed by atoms with Gasteiger partial charge in [-0.3, -0.25) is 0 Å². The van der Waals surface area contributed by atoms with E-state index < -0.39 is 11.6 Å². The molecule has 5 heteroatoms. The molecule has 0 aliphatic rings. The van der Waals surface area contributed by atoms with Gasteiger partial charge in [0.05, 0.1) is 0 Å². The number of hydrogen-bond acceptors (Lipinski definition) is 3. The number of aromatic nitrogens is 2. The molecule has 0 aliphatic heterocycles. The lowest BCUT2D eigenvalue weighted by Gasteiger charge is -2.10. The van der Waals surface area contributed by atoms with Crippen molar-refractivity contribution in [3.8, 4) is 0 Å². The molecule has 1 atom stereocenters. The van der Waals surface area contributed by atoms with E-state index in [-0.39, 0.29) is 12.5 Å². The van der Waals surface area contributed by atoms with Gasteiger partial charge in [-0.15, -0.1) is 0 Å². The normalized spacial score (nSPS) is 12.4. The van der Waals surface area contributed by atoms with Gasteiger partial charge in [0, 0.05) is 36.3 Å². The third kappa shape index (κ3) is 4.29. The fraction of sp³-hybridized carbons (Fsp3) is 0.375. The zero-order valence-electron chi connectivity index (χ0n) is 12.2. The van der Waals surface area contributed by atoms with E-state index >= 15 is 0 Å². The zero-order valence-corrected chi connectivity index (χ0v) is 12.2. The molecule has 2 aromatic rings. The molecule has 0 bridgehead atoms. The lowest BCUT2D eigenvalue weighted by atomic mass is 10.1. The summed E-state index contributed by atoms with van der Waals surface area (Å²) in [6.45, 7) is 3.89. The molecular weight excluding hydrogens is 272 g/mol. The van der Waals surface area contributed by atoms with Crippen LogP contribution >= 0.6 is 0 Å². The van der Waals surface area contributed by atoms with E-state index in [9.17, 15) is 8.78 Å². The van der Waals surface area contributed by atoms with E-state index in [1.54, 1.807) is 0 Å². The maximum absolute atomic E-state index is 13.7. The Hall–Kier alpha value is -1.88. The van der Waals surface area contributed by atoms with Gasteiger partial charge in [0.1, 0.15) is 17.5 Å². The van der Waals surface area contributed by atoms with E-state index in [4.69, 9.17) is 5.73 Å². The zero-order chi connectivity index (χ0) is 15.4. The van der Waals surface area contributed by atoms with Crippen molar-refractivity contribution in [3.63, 3.8) is 0 Å². The number of halogens is 2. The van der Waals surface area contributed by atoms with Crippen LogP contribution < -0.4 is 5.73 Å². The summed E-state index contributed by atoms with van der Waals surface area (Å²) in [6.07, 6.45) is 1.77. The van der Waals surface area contributed by atoms with E-state index in [0.29, 0.717) is 17.8 Å². The fourth-order valence-corrected chi connectivity index (χ4v) is 2.13. The van der Waals surface area contributed by atoms with Crippen LogP contribution in [0.3, 0.4) is 0 Å². The molecule has 2 rings (SSSR count). The molecule has 0 radical (unpaired) electrons. The van der Waals surface area contributed by atoms with Crippen LogP contribution in [-0.2, 0) is 12.8 Å². The maximum Gasteiger partial charge on any atom is 0.133 e. The van der Waals surface area contributed by atoms with Crippen molar-refractivity contribution in [1.82, 2.24) is 9.97 Å². The van der Waals surface area contributed by atoms with Gasteiger partial charge >= 0.3 is 0 Å². The minimum Gasteiger partial charge on any atom is -0.327 e. The van der Waals surface area contributed by atoms with Crippen LogP contribution in [0.4, 0.5) is 8.78 Å². The van der Waals surface area contributed by atoms with Gasteiger partial charge < -0.3 is 5.73 Å². The van der Waals surface area contributed by atoms with E-state index in [2.05, 4.69) is 9.97 Å². The second kappa shape index (κ2) is 6.72. The second-order valence-corrected chi connectivity index (χ2v) is 5.20. The lowest BCUT2D eigenvalue weighted by Crippen LogP contribution is -2.22. The lowest BCUT2D eigenvalue weighted by molar-refractivity contribution is 0.573. The predicted octanol–water partition coefficient (Wildman–Crippen LogP) is 2.93. The van der Waals surface area contributed by atoms with Gasteiger partial charge in [0.25, 0.3) is 0 Å². The summed E-state index contributed by atoms with van der Waals surface area (Å²) in [5.74, 6) is -0.637. The first-order valence-electron chi connectivity index (χ1n) is 7.01. The Morgan fingerprint density at radius 2 is 1.95 bits per heavy atom. The number of benzene rings is 1. The van der Waals surface area contributed by atoms with Crippen molar-refractivity contribution in [1.29, 1.82) is 0 Å². The molecule has 0 spiro atoms. The number of hydrogen-bond donors (Lipinski definition) is 1. The summed E-state index contributed by atoms with van der Waals surface area (Å²) in [5, 5.41) is 0. The molecule has 0 amide bonds. The molecule has 1 aromatic heterocycles. The highest BCUT2D eigenvalue weighted by Crippen LogP contribution is 2.14. The average Bonchev–Trinajstić information content (AvgIpc) is 2.41. The van der Waals surface area contributed by atoms with Crippen LogP contribution in [0.15, 0.2) is 24.3 Å². The summed E-state index contributed by atoms with van der Waals surface area (Å²) in [6, 6.07) is 5.48. The van der Waals surface area contributed by atoms with Crippen LogP contribution in [0.25, 0.3) is 0 Å². The van der Waals surface area contributed by atoms with E-state index in [0.717, 1.165) is 23.9 Å². The molecule has 3 nitrogen and oxygen atoms in total. The monoisotopic (exact) mass is 291 g/mol. The maximum atomic E-state index is 13.7. The molecule has 0 fully saturated rings. The summed E-state index contributed by atoms with van der Waals surface area (Å²) in [4.78, 5) is 8.74. The van der Waals surface area contributed by atoms with Crippen LogP contribution in [0.1, 0.15) is 36.1 Å². The predicted molar refractivity (Wildman–Crippen MR) is 77.9 cm³/mol. The molecule has 1 unspecified atom stereocenters. The van der Waals surface area contributed by atoms with Crippen molar-refractivity contribution >= 4 is 0 Å². The summed E-state index contributed by atoms with van der Waals surface area (Å²) < 4.78 is 26.6. The fourth-order valence-electron chi connectivity index (χ4n) is 2.13. The largest absolute Gasteiger partial charge is 0.327 e. The van der Waals surface area contributed by atoms with Crippen LogP contribution in [0.2, 0.25) is 0 Å². The first-order chi connectivity index (χ1) is 9.97. The minimum absolute atomic E-state index is 0.0507. The molecular formula is C16H19F2N3. The van der Waals surface area contributed by atoms with Crippen LogP contribution in [0, 0.1) is 18.6 Å². The summed E-state index contributed by atoms with van der Waals surface area (Å²) in [7, 11) is 0. The standard InChI is InChI=1S/C16H19F2N3/c1-3-13(19)9-14-6-10(2)20-16(21-14)7-11-4-5-12(17)8-15(11)18/h4-6,8,13H,3,7,9,19H2,1-2H3. The molecule has 2 N–H and O–H groups in total. The van der Waals surface area contributed by atoms with Crippen LogP contribution in [0.5, 0.6) is 0 Å². The van der Waals surface area contributed by atoms with Crippen molar-refractivity contribution < 1.29 is 8.78 Å². The number of aryl methyl sites for hydroxylation is 1. The van der Waals surface area contributed by atoms with Gasteiger partial charge in [0.15, 0.2) is 0 Å². The van der Waals surface area contributed by atoms with Crippen molar-refractivity contribution in [3.05, 3.63) is 58.7 Å². The summed E-state index contributed by atoms with van der Waals surface area (Å²) in [5.41, 5.74) is 7.99. The Morgan fingerprint density at radius 3 is 2.62 bits per heavy atom. The van der Waals surface area contributed by atoms with Gasteiger partial charge in [-0.05, 0) is 31.0 Å². The molecule has 1 aromatic carbocycles. The summed E-state index contributed by atoms with van der Waals surface area (Å²) >= 11 is 0. The Labute approximate surface area is 123 Å². The first-order valence-corrected chi connectivity index (χ1v) is 7.01. The van der Waals surface area contributed by atoms with Crippen molar-refractivity contribution in [2.45, 2.75) is 39.2 Å². The topological polar surface area (TPSA) is 51.8 Å². The minimum atomic E-state index is -0.587. The SMILES string of the molecule is CCC(N)Cc1cc(C)nc(Cc2ccc(F)cc2F)n1. The van der Waals surface area contributed by atoms with Gasteiger partial charge in [-0.1, -0.05) is 13.0 Å². The molecule has 0 saturated carbocycles. The third-order valence-electron chi connectivity index (χ3n) is 3.31. The van der Waals surface area contributed by atoms with Crippen LogP contribution in [-0.4, -0.2) is 16.0 Å². The molecule has 1 heterocycles. The highest BCUT2D eigenvalue weighted by Gasteiger charge is 2.10. The highest BCUT2D eigenvalue weighted by molar-refractivity contribution is 5.23. The molecule has 21 heavy (non-hydrogen) atoms. The molecule has 0 saturated heterocycles.